The van der Waals surface area contributed by atoms with E-state index in [2.05, 4.69) is 26.3 Å². The summed E-state index contributed by atoms with van der Waals surface area (Å²) >= 11 is 9.42. The number of halogens is 2. The molecule has 0 radical (unpaired) electrons. The predicted octanol–water partition coefficient (Wildman–Crippen LogP) is 4.12. The van der Waals surface area contributed by atoms with Gasteiger partial charge in [0.25, 0.3) is 5.91 Å². The number of rotatable bonds is 8. The molecule has 3 aromatic rings. The molecule has 0 saturated heterocycles. The lowest BCUT2D eigenvalue weighted by molar-refractivity contribution is -0.389. The molecule has 0 spiro atoms. The molecule has 11 heteroatoms. The van der Waals surface area contributed by atoms with Gasteiger partial charge in [-0.05, 0) is 42.2 Å². The van der Waals surface area contributed by atoms with Gasteiger partial charge in [0.15, 0.2) is 5.76 Å². The Labute approximate surface area is 178 Å². The molecule has 0 aliphatic heterocycles. The quantitative estimate of drug-likeness (QED) is 0.381. The zero-order chi connectivity index (χ0) is 21.0. The van der Waals surface area contributed by atoms with Gasteiger partial charge >= 0.3 is 5.82 Å². The molecule has 1 N–H and O–H groups in total. The van der Waals surface area contributed by atoms with Gasteiger partial charge in [-0.3, -0.25) is 4.79 Å². The summed E-state index contributed by atoms with van der Waals surface area (Å²) in [7, 11) is 0. The number of ether oxygens (including phenoxy) is 1. The lowest BCUT2D eigenvalue weighted by atomic mass is 10.3. The number of furan rings is 1. The van der Waals surface area contributed by atoms with Gasteiger partial charge in [-0.15, -0.1) is 0 Å². The number of nitrogens with zero attached hydrogens (tertiary/aromatic N) is 3. The summed E-state index contributed by atoms with van der Waals surface area (Å²) in [4.78, 5) is 22.4. The number of carbonyl (C=O) groups is 1. The van der Waals surface area contributed by atoms with Crippen molar-refractivity contribution in [1.82, 2.24) is 15.1 Å². The van der Waals surface area contributed by atoms with Gasteiger partial charge in [0, 0.05) is 11.0 Å². The molecule has 0 bridgehead atoms. The summed E-state index contributed by atoms with van der Waals surface area (Å²) in [5.74, 6) is 0.468. The summed E-state index contributed by atoms with van der Waals surface area (Å²) in [5.41, 5.74) is 0.634. The fourth-order valence-corrected chi connectivity index (χ4v) is 3.22. The van der Waals surface area contributed by atoms with Crippen molar-refractivity contribution in [3.8, 4) is 5.75 Å². The van der Waals surface area contributed by atoms with Gasteiger partial charge in [-0.2, -0.15) is 4.68 Å². The van der Waals surface area contributed by atoms with Crippen molar-refractivity contribution >= 4 is 39.3 Å². The van der Waals surface area contributed by atoms with Crippen molar-refractivity contribution in [2.75, 3.05) is 6.54 Å². The first-order valence-corrected chi connectivity index (χ1v) is 9.64. The first kappa shape index (κ1) is 20.9. The summed E-state index contributed by atoms with van der Waals surface area (Å²) in [6.45, 7) is 2.35. The maximum absolute atomic E-state index is 12.2. The highest BCUT2D eigenvalue weighted by Crippen LogP contribution is 2.28. The third-order valence-corrected chi connectivity index (χ3v) is 4.70. The fraction of sp³-hybridized carbons (Fsp3) is 0.222. The molecule has 0 atom stereocenters. The van der Waals surface area contributed by atoms with E-state index < -0.39 is 10.8 Å². The van der Waals surface area contributed by atoms with E-state index >= 15 is 0 Å². The van der Waals surface area contributed by atoms with Crippen molar-refractivity contribution in [2.45, 2.75) is 20.1 Å². The van der Waals surface area contributed by atoms with Crippen LogP contribution in [0.4, 0.5) is 5.82 Å². The smallest absolute Gasteiger partial charge is 0.390 e. The number of aryl methyl sites for hydroxylation is 1. The Morgan fingerprint density at radius 3 is 2.86 bits per heavy atom. The molecular formula is C18H16BrClN4O5. The lowest BCUT2D eigenvalue weighted by Gasteiger charge is -2.06. The Morgan fingerprint density at radius 2 is 2.17 bits per heavy atom. The number of nitro groups is 1. The minimum Gasteiger partial charge on any atom is -0.484 e. The van der Waals surface area contributed by atoms with Crippen LogP contribution in [0.2, 0.25) is 5.02 Å². The molecule has 2 aromatic heterocycles. The third kappa shape index (κ3) is 5.36. The highest BCUT2D eigenvalue weighted by atomic mass is 79.9. The molecule has 0 aliphatic rings. The summed E-state index contributed by atoms with van der Waals surface area (Å²) in [6, 6.07) is 9.80. The average molecular weight is 484 g/mol. The molecule has 1 aromatic carbocycles. The molecule has 0 aliphatic carbocycles. The minimum absolute atomic E-state index is 0.116. The molecule has 9 nitrogen and oxygen atoms in total. The molecular weight excluding hydrogens is 468 g/mol. The van der Waals surface area contributed by atoms with E-state index in [-0.39, 0.29) is 24.7 Å². The van der Waals surface area contributed by atoms with E-state index in [1.165, 1.54) is 10.7 Å². The van der Waals surface area contributed by atoms with Crippen LogP contribution in [0.5, 0.6) is 5.75 Å². The van der Waals surface area contributed by atoms with Gasteiger partial charge < -0.3 is 24.6 Å². The van der Waals surface area contributed by atoms with Crippen molar-refractivity contribution in [3.05, 3.63) is 73.2 Å². The van der Waals surface area contributed by atoms with Crippen LogP contribution in [0.25, 0.3) is 0 Å². The van der Waals surface area contributed by atoms with E-state index in [1.54, 1.807) is 37.3 Å². The Hall–Kier alpha value is -2.85. The average Bonchev–Trinajstić information content (AvgIpc) is 3.28. The van der Waals surface area contributed by atoms with Crippen LogP contribution in [0.1, 0.15) is 22.0 Å². The lowest BCUT2D eigenvalue weighted by Crippen LogP contribution is -2.27. The maximum atomic E-state index is 12.2. The summed E-state index contributed by atoms with van der Waals surface area (Å²) in [5, 5.41) is 17.7. The minimum atomic E-state index is -0.560. The topological polar surface area (TPSA) is 112 Å². The Kier molecular flexibility index (Phi) is 6.55. The van der Waals surface area contributed by atoms with Crippen LogP contribution in [0, 0.1) is 17.0 Å². The number of nitrogens with one attached hydrogen (secondary N) is 1. The van der Waals surface area contributed by atoms with Gasteiger partial charge in [-0.25, -0.2) is 0 Å². The zero-order valence-corrected chi connectivity index (χ0v) is 17.6. The number of benzene rings is 1. The van der Waals surface area contributed by atoms with E-state index in [4.69, 9.17) is 20.8 Å². The van der Waals surface area contributed by atoms with Gasteiger partial charge in [0.2, 0.25) is 0 Å². The summed E-state index contributed by atoms with van der Waals surface area (Å²) < 4.78 is 13.4. The Morgan fingerprint density at radius 1 is 1.38 bits per heavy atom. The van der Waals surface area contributed by atoms with Crippen LogP contribution < -0.4 is 10.1 Å². The Balaban J connectivity index is 1.50. The van der Waals surface area contributed by atoms with Crippen LogP contribution in [0.3, 0.4) is 0 Å². The maximum Gasteiger partial charge on any atom is 0.390 e. The number of carbonyl (C=O) groups excluding carboxylic acids is 1. The van der Waals surface area contributed by atoms with Crippen LogP contribution >= 0.6 is 27.5 Å². The molecule has 0 fully saturated rings. The highest BCUT2D eigenvalue weighted by molar-refractivity contribution is 9.10. The normalized spacial score (nSPS) is 10.7. The number of hydrogen-bond donors (Lipinski definition) is 1. The first-order chi connectivity index (χ1) is 13.8. The molecule has 29 heavy (non-hydrogen) atoms. The van der Waals surface area contributed by atoms with Gasteiger partial charge in [0.1, 0.15) is 18.1 Å². The predicted molar refractivity (Wildman–Crippen MR) is 108 cm³/mol. The SMILES string of the molecule is Cc1cc([N+](=O)[O-])nn1CCNC(=O)c1ccc(COc2ccc(Br)cc2Cl)o1. The van der Waals surface area contributed by atoms with Crippen molar-refractivity contribution < 1.29 is 18.9 Å². The highest BCUT2D eigenvalue weighted by Gasteiger charge is 2.16. The monoisotopic (exact) mass is 482 g/mol. The molecule has 0 saturated carbocycles. The van der Waals surface area contributed by atoms with Crippen LogP contribution in [0.15, 0.2) is 45.3 Å². The van der Waals surface area contributed by atoms with Gasteiger partial charge in [-0.1, -0.05) is 27.5 Å². The second-order valence-corrected chi connectivity index (χ2v) is 7.33. The third-order valence-electron chi connectivity index (χ3n) is 3.91. The zero-order valence-electron chi connectivity index (χ0n) is 15.2. The second-order valence-electron chi connectivity index (χ2n) is 6.01. The standard InChI is InChI=1S/C18H16BrClN4O5/c1-11-8-17(24(26)27)22-23(11)7-6-21-18(25)16-5-3-13(29-16)10-28-15-4-2-12(19)9-14(15)20/h2-5,8-9H,6-7,10H2,1H3,(H,21,25). The summed E-state index contributed by atoms with van der Waals surface area (Å²) in [6.07, 6.45) is 0. The molecule has 152 valence electrons. The Bertz CT molecular complexity index is 1050. The fourth-order valence-electron chi connectivity index (χ4n) is 2.49. The van der Waals surface area contributed by atoms with Crippen LogP contribution in [-0.4, -0.2) is 27.2 Å². The van der Waals surface area contributed by atoms with E-state index in [1.807, 2.05) is 0 Å². The first-order valence-electron chi connectivity index (χ1n) is 8.47. The van der Waals surface area contributed by atoms with Crippen LogP contribution in [-0.2, 0) is 13.2 Å². The number of amides is 1. The second kappa shape index (κ2) is 9.10. The van der Waals surface area contributed by atoms with E-state index in [0.717, 1.165) is 4.47 Å². The largest absolute Gasteiger partial charge is 0.484 e. The van der Waals surface area contributed by atoms with Crippen molar-refractivity contribution in [2.24, 2.45) is 0 Å². The van der Waals surface area contributed by atoms with Gasteiger partial charge in [0.05, 0.1) is 28.4 Å². The molecule has 2 heterocycles. The number of aromatic nitrogens is 2. The molecule has 1 amide bonds. The molecule has 0 unspecified atom stereocenters. The van der Waals surface area contributed by atoms with E-state index in [0.29, 0.717) is 28.8 Å². The van der Waals surface area contributed by atoms with Crippen molar-refractivity contribution in [1.29, 1.82) is 0 Å². The van der Waals surface area contributed by atoms with E-state index in [9.17, 15) is 14.9 Å². The van der Waals surface area contributed by atoms with Crippen molar-refractivity contribution in [3.63, 3.8) is 0 Å². The number of hydrogen-bond acceptors (Lipinski definition) is 6. The molecule has 3 rings (SSSR count).